The number of aliphatic carboxylic acids is 1. The molecule has 0 spiro atoms. The van der Waals surface area contributed by atoms with Gasteiger partial charge in [-0.05, 0) is 29.7 Å². The summed E-state index contributed by atoms with van der Waals surface area (Å²) < 4.78 is 5.11. The molecule has 0 fully saturated rings. The first-order valence-electron chi connectivity index (χ1n) is 4.74. The van der Waals surface area contributed by atoms with Crippen LogP contribution in [0, 0.1) is 0 Å². The summed E-state index contributed by atoms with van der Waals surface area (Å²) in [6, 6.07) is 5.22. The van der Waals surface area contributed by atoms with Gasteiger partial charge < -0.3 is 14.9 Å². The van der Waals surface area contributed by atoms with E-state index in [4.69, 9.17) is 14.9 Å². The Bertz CT molecular complexity index is 346. The smallest absolute Gasteiger partial charge is 0.341 e. The molecule has 1 rings (SSSR count). The number of aryl methyl sites for hydroxylation is 1. The normalized spacial score (nSPS) is 10.0. The number of aliphatic hydroxyl groups is 1. The number of aliphatic hydroxyl groups excluding tert-OH is 1. The van der Waals surface area contributed by atoms with Gasteiger partial charge in [-0.25, -0.2) is 4.79 Å². The van der Waals surface area contributed by atoms with Gasteiger partial charge in [0, 0.05) is 0 Å². The lowest BCUT2D eigenvalue weighted by Crippen LogP contribution is -2.10. The Balaban J connectivity index is 2.82. The van der Waals surface area contributed by atoms with Crippen molar-refractivity contribution in [2.75, 3.05) is 6.61 Å². The summed E-state index contributed by atoms with van der Waals surface area (Å²) in [5, 5.41) is 17.4. The molecule has 2 N–H and O–H groups in total. The van der Waals surface area contributed by atoms with Crippen molar-refractivity contribution in [3.8, 4) is 5.75 Å². The second-order valence-corrected chi connectivity index (χ2v) is 3.14. The van der Waals surface area contributed by atoms with Gasteiger partial charge in [-0.15, -0.1) is 0 Å². The molecule has 0 saturated carbocycles. The Morgan fingerprint density at radius 3 is 2.73 bits per heavy atom. The van der Waals surface area contributed by atoms with E-state index in [0.717, 1.165) is 17.5 Å². The number of benzene rings is 1. The van der Waals surface area contributed by atoms with Crippen LogP contribution in [0.4, 0.5) is 0 Å². The highest BCUT2D eigenvalue weighted by Gasteiger charge is 2.05. The van der Waals surface area contributed by atoms with E-state index < -0.39 is 5.97 Å². The quantitative estimate of drug-likeness (QED) is 0.766. The predicted molar refractivity (Wildman–Crippen MR) is 54.9 cm³/mol. The molecule has 0 aliphatic carbocycles. The van der Waals surface area contributed by atoms with Crippen molar-refractivity contribution >= 4 is 5.97 Å². The third-order valence-electron chi connectivity index (χ3n) is 2.04. The zero-order valence-corrected chi connectivity index (χ0v) is 8.56. The second kappa shape index (κ2) is 5.36. The maximum absolute atomic E-state index is 10.3. The molecule has 0 heterocycles. The van der Waals surface area contributed by atoms with Gasteiger partial charge in [-0.2, -0.15) is 0 Å². The molecule has 1 aromatic carbocycles. The standard InChI is InChI=1S/C11H14O4/c1-2-9-5-8(6-12)3-4-10(9)15-7-11(13)14/h3-5,12H,2,6-7H2,1H3,(H,13,14). The van der Waals surface area contributed by atoms with Gasteiger partial charge in [0.2, 0.25) is 0 Å². The maximum atomic E-state index is 10.3. The molecule has 0 radical (unpaired) electrons. The van der Waals surface area contributed by atoms with Crippen LogP contribution in [0.1, 0.15) is 18.1 Å². The minimum atomic E-state index is -0.997. The number of hydrogen-bond donors (Lipinski definition) is 2. The molecule has 82 valence electrons. The van der Waals surface area contributed by atoms with Crippen molar-refractivity contribution in [2.24, 2.45) is 0 Å². The van der Waals surface area contributed by atoms with Crippen LogP contribution in [0.15, 0.2) is 18.2 Å². The molecule has 0 amide bonds. The summed E-state index contributed by atoms with van der Waals surface area (Å²) in [6.45, 7) is 1.59. The van der Waals surface area contributed by atoms with Crippen LogP contribution in [0.3, 0.4) is 0 Å². The Hall–Kier alpha value is -1.55. The highest BCUT2D eigenvalue weighted by molar-refractivity contribution is 5.68. The Morgan fingerprint density at radius 2 is 2.20 bits per heavy atom. The Labute approximate surface area is 88.1 Å². The molecular formula is C11H14O4. The van der Waals surface area contributed by atoms with E-state index in [0.29, 0.717) is 5.75 Å². The van der Waals surface area contributed by atoms with Crippen molar-refractivity contribution < 1.29 is 19.7 Å². The molecule has 0 aliphatic heterocycles. The van der Waals surface area contributed by atoms with Crippen LogP contribution in [0.2, 0.25) is 0 Å². The zero-order valence-electron chi connectivity index (χ0n) is 8.56. The Morgan fingerprint density at radius 1 is 1.47 bits per heavy atom. The maximum Gasteiger partial charge on any atom is 0.341 e. The second-order valence-electron chi connectivity index (χ2n) is 3.14. The number of carboxylic acid groups (broad SMARTS) is 1. The average Bonchev–Trinajstić information content (AvgIpc) is 2.25. The van der Waals surface area contributed by atoms with Crippen molar-refractivity contribution in [1.82, 2.24) is 0 Å². The predicted octanol–water partition coefficient (Wildman–Crippen LogP) is 1.20. The van der Waals surface area contributed by atoms with Gasteiger partial charge in [0.15, 0.2) is 6.61 Å². The van der Waals surface area contributed by atoms with Crippen molar-refractivity contribution in [2.45, 2.75) is 20.0 Å². The third kappa shape index (κ3) is 3.25. The van der Waals surface area contributed by atoms with Crippen LogP contribution in [0.5, 0.6) is 5.75 Å². The highest BCUT2D eigenvalue weighted by atomic mass is 16.5. The molecule has 4 nitrogen and oxygen atoms in total. The summed E-state index contributed by atoms with van der Waals surface area (Å²) in [4.78, 5) is 10.3. The summed E-state index contributed by atoms with van der Waals surface area (Å²) in [5.74, 6) is -0.430. The van der Waals surface area contributed by atoms with Gasteiger partial charge >= 0.3 is 5.97 Å². The summed E-state index contributed by atoms with van der Waals surface area (Å²) in [5.41, 5.74) is 1.71. The minimum Gasteiger partial charge on any atom is -0.482 e. The average molecular weight is 210 g/mol. The first-order valence-corrected chi connectivity index (χ1v) is 4.74. The summed E-state index contributed by atoms with van der Waals surface area (Å²) >= 11 is 0. The van der Waals surface area contributed by atoms with Gasteiger partial charge in [-0.1, -0.05) is 13.0 Å². The van der Waals surface area contributed by atoms with Crippen molar-refractivity contribution in [3.63, 3.8) is 0 Å². The molecule has 0 atom stereocenters. The van der Waals surface area contributed by atoms with E-state index in [-0.39, 0.29) is 13.2 Å². The third-order valence-corrected chi connectivity index (χ3v) is 2.04. The van der Waals surface area contributed by atoms with Crippen molar-refractivity contribution in [3.05, 3.63) is 29.3 Å². The van der Waals surface area contributed by atoms with Gasteiger partial charge in [0.1, 0.15) is 5.75 Å². The number of carbonyl (C=O) groups is 1. The zero-order chi connectivity index (χ0) is 11.3. The molecular weight excluding hydrogens is 196 g/mol. The lowest BCUT2D eigenvalue weighted by molar-refractivity contribution is -0.139. The van der Waals surface area contributed by atoms with E-state index >= 15 is 0 Å². The van der Waals surface area contributed by atoms with E-state index in [1.807, 2.05) is 13.0 Å². The molecule has 1 aromatic rings. The molecule has 0 bridgehead atoms. The topological polar surface area (TPSA) is 66.8 Å². The number of carboxylic acids is 1. The molecule has 4 heteroatoms. The SMILES string of the molecule is CCc1cc(CO)ccc1OCC(=O)O. The fourth-order valence-electron chi connectivity index (χ4n) is 1.29. The molecule has 0 aromatic heterocycles. The number of ether oxygens (including phenoxy) is 1. The molecule has 0 unspecified atom stereocenters. The van der Waals surface area contributed by atoms with Crippen LogP contribution in [0.25, 0.3) is 0 Å². The largest absolute Gasteiger partial charge is 0.482 e. The van der Waals surface area contributed by atoms with Crippen LogP contribution >= 0.6 is 0 Å². The van der Waals surface area contributed by atoms with E-state index in [2.05, 4.69) is 0 Å². The molecule has 0 saturated heterocycles. The number of hydrogen-bond acceptors (Lipinski definition) is 3. The first kappa shape index (κ1) is 11.5. The fourth-order valence-corrected chi connectivity index (χ4v) is 1.29. The van der Waals surface area contributed by atoms with Crippen LogP contribution < -0.4 is 4.74 Å². The van der Waals surface area contributed by atoms with Crippen LogP contribution in [-0.2, 0) is 17.8 Å². The van der Waals surface area contributed by atoms with Crippen LogP contribution in [-0.4, -0.2) is 22.8 Å². The molecule has 15 heavy (non-hydrogen) atoms. The number of rotatable bonds is 5. The van der Waals surface area contributed by atoms with E-state index in [1.54, 1.807) is 12.1 Å². The van der Waals surface area contributed by atoms with E-state index in [9.17, 15) is 4.79 Å². The Kier molecular flexibility index (Phi) is 4.12. The lowest BCUT2D eigenvalue weighted by Gasteiger charge is -2.09. The summed E-state index contributed by atoms with van der Waals surface area (Å²) in [6.07, 6.45) is 0.739. The van der Waals surface area contributed by atoms with Gasteiger partial charge in [0.05, 0.1) is 6.61 Å². The monoisotopic (exact) mass is 210 g/mol. The van der Waals surface area contributed by atoms with Gasteiger partial charge in [0.25, 0.3) is 0 Å². The van der Waals surface area contributed by atoms with Crippen molar-refractivity contribution in [1.29, 1.82) is 0 Å². The molecule has 0 aliphatic rings. The fraction of sp³-hybridized carbons (Fsp3) is 0.364. The first-order chi connectivity index (χ1) is 7.17. The minimum absolute atomic E-state index is 0.0216. The lowest BCUT2D eigenvalue weighted by atomic mass is 10.1. The summed E-state index contributed by atoms with van der Waals surface area (Å²) in [7, 11) is 0. The van der Waals surface area contributed by atoms with Gasteiger partial charge in [-0.3, -0.25) is 0 Å². The van der Waals surface area contributed by atoms with E-state index in [1.165, 1.54) is 0 Å². The highest BCUT2D eigenvalue weighted by Crippen LogP contribution is 2.20.